The summed E-state index contributed by atoms with van der Waals surface area (Å²) in [5.41, 5.74) is 0. The molecule has 0 aromatic rings. The second kappa shape index (κ2) is 7.47. The molecule has 0 aromatic carbocycles. The van der Waals surface area contributed by atoms with Crippen LogP contribution in [-0.2, 0) is 4.43 Å². The van der Waals surface area contributed by atoms with Gasteiger partial charge in [-0.15, -0.1) is 0 Å². The van der Waals surface area contributed by atoms with Crippen LogP contribution in [0, 0.1) is 0 Å². The van der Waals surface area contributed by atoms with Gasteiger partial charge in [0, 0.05) is 6.10 Å². The van der Waals surface area contributed by atoms with Gasteiger partial charge in [0.1, 0.15) is 0 Å². The quantitative estimate of drug-likeness (QED) is 0.539. The normalized spacial score (nSPS) is 14.4. The minimum Gasteiger partial charge on any atom is -0.414 e. The maximum Gasteiger partial charge on any atom is 0.192 e. The van der Waals surface area contributed by atoms with E-state index < -0.39 is 8.32 Å². The zero-order chi connectivity index (χ0) is 11.0. The van der Waals surface area contributed by atoms with E-state index in [4.69, 9.17) is 4.43 Å². The number of rotatable bonds is 8. The summed E-state index contributed by atoms with van der Waals surface area (Å²) in [7, 11) is -1.33. The average Bonchev–Trinajstić information content (AvgIpc) is 2.23. The predicted molar refractivity (Wildman–Crippen MR) is 67.3 cm³/mol. The predicted octanol–water partition coefficient (Wildman–Crippen LogP) is 4.59. The zero-order valence-corrected chi connectivity index (χ0v) is 11.7. The monoisotopic (exact) mass is 216 g/mol. The molecule has 0 aliphatic carbocycles. The fourth-order valence-corrected chi connectivity index (χ4v) is 4.95. The Hall–Kier alpha value is 0.177. The van der Waals surface area contributed by atoms with Crippen LogP contribution < -0.4 is 0 Å². The lowest BCUT2D eigenvalue weighted by Gasteiger charge is -2.31. The third kappa shape index (κ3) is 4.60. The van der Waals surface area contributed by atoms with Crippen LogP contribution in [0.5, 0.6) is 0 Å². The van der Waals surface area contributed by atoms with Crippen LogP contribution >= 0.6 is 0 Å². The molecule has 0 rings (SSSR count). The summed E-state index contributed by atoms with van der Waals surface area (Å²) < 4.78 is 6.33. The standard InChI is InChI=1S/C12H28OSi/c1-6-10-11-12(5)13-14(7-2,8-3)9-4/h12H,6-11H2,1-5H3. The zero-order valence-electron chi connectivity index (χ0n) is 10.7. The first-order chi connectivity index (χ1) is 6.64. The van der Waals surface area contributed by atoms with Crippen molar-refractivity contribution in [2.45, 2.75) is 78.1 Å². The van der Waals surface area contributed by atoms with Crippen molar-refractivity contribution in [3.8, 4) is 0 Å². The second-order valence-corrected chi connectivity index (χ2v) is 9.04. The number of hydrogen-bond acceptors (Lipinski definition) is 1. The molecule has 14 heavy (non-hydrogen) atoms. The van der Waals surface area contributed by atoms with E-state index in [0.29, 0.717) is 6.10 Å². The summed E-state index contributed by atoms with van der Waals surface area (Å²) in [6, 6.07) is 3.82. The van der Waals surface area contributed by atoms with E-state index >= 15 is 0 Å². The molecule has 0 aliphatic heterocycles. The van der Waals surface area contributed by atoms with Crippen molar-refractivity contribution < 1.29 is 4.43 Å². The van der Waals surface area contributed by atoms with Gasteiger partial charge in [-0.3, -0.25) is 0 Å². The highest BCUT2D eigenvalue weighted by Gasteiger charge is 2.30. The topological polar surface area (TPSA) is 9.23 Å². The Morgan fingerprint density at radius 3 is 1.86 bits per heavy atom. The molecule has 0 radical (unpaired) electrons. The van der Waals surface area contributed by atoms with E-state index in [2.05, 4.69) is 34.6 Å². The van der Waals surface area contributed by atoms with Crippen LogP contribution in [-0.4, -0.2) is 14.4 Å². The van der Waals surface area contributed by atoms with Crippen molar-refractivity contribution in [3.05, 3.63) is 0 Å². The summed E-state index contributed by atoms with van der Waals surface area (Å²) in [4.78, 5) is 0. The van der Waals surface area contributed by atoms with E-state index in [1.54, 1.807) is 0 Å². The molecule has 0 aromatic heterocycles. The molecule has 86 valence electrons. The average molecular weight is 216 g/mol. The van der Waals surface area contributed by atoms with Crippen LogP contribution in [0.1, 0.15) is 53.9 Å². The highest BCUT2D eigenvalue weighted by molar-refractivity contribution is 6.73. The van der Waals surface area contributed by atoms with Gasteiger partial charge >= 0.3 is 0 Å². The Kier molecular flexibility index (Phi) is 7.56. The van der Waals surface area contributed by atoms with E-state index in [1.807, 2.05) is 0 Å². The highest BCUT2D eigenvalue weighted by atomic mass is 28.4. The fraction of sp³-hybridized carbons (Fsp3) is 1.00. The van der Waals surface area contributed by atoms with Crippen molar-refractivity contribution in [1.29, 1.82) is 0 Å². The van der Waals surface area contributed by atoms with Gasteiger partial charge in [0.2, 0.25) is 0 Å². The maximum absolute atomic E-state index is 6.33. The van der Waals surface area contributed by atoms with Crippen molar-refractivity contribution in [1.82, 2.24) is 0 Å². The molecule has 0 N–H and O–H groups in total. The molecule has 0 heterocycles. The van der Waals surface area contributed by atoms with Crippen molar-refractivity contribution in [3.63, 3.8) is 0 Å². The number of unbranched alkanes of at least 4 members (excludes halogenated alkanes) is 1. The van der Waals surface area contributed by atoms with Crippen LogP contribution in [0.15, 0.2) is 0 Å². The lowest BCUT2D eigenvalue weighted by Crippen LogP contribution is -2.39. The SMILES string of the molecule is CCCCC(C)O[Si](CC)(CC)CC. The van der Waals surface area contributed by atoms with Crippen LogP contribution in [0.4, 0.5) is 0 Å². The first kappa shape index (κ1) is 14.2. The molecule has 0 bridgehead atoms. The molecule has 1 nitrogen and oxygen atoms in total. The molecule has 1 unspecified atom stereocenters. The molecular weight excluding hydrogens is 188 g/mol. The highest BCUT2D eigenvalue weighted by Crippen LogP contribution is 2.24. The molecule has 0 saturated heterocycles. The molecule has 0 fully saturated rings. The molecule has 0 spiro atoms. The Labute approximate surface area is 91.4 Å². The van der Waals surface area contributed by atoms with E-state index in [-0.39, 0.29) is 0 Å². The summed E-state index contributed by atoms with van der Waals surface area (Å²) in [5.74, 6) is 0. The first-order valence-corrected chi connectivity index (χ1v) is 8.84. The smallest absolute Gasteiger partial charge is 0.192 e. The van der Waals surface area contributed by atoms with Gasteiger partial charge in [0.05, 0.1) is 0 Å². The third-order valence-electron chi connectivity index (χ3n) is 3.35. The Balaban J connectivity index is 4.01. The Bertz CT molecular complexity index is 124. The summed E-state index contributed by atoms with van der Waals surface area (Å²) in [5, 5.41) is 0. The van der Waals surface area contributed by atoms with Gasteiger partial charge in [-0.1, -0.05) is 40.5 Å². The van der Waals surface area contributed by atoms with Crippen LogP contribution in [0.3, 0.4) is 0 Å². The molecule has 2 heteroatoms. The molecule has 0 saturated carbocycles. The fourth-order valence-electron chi connectivity index (χ4n) is 1.98. The minimum atomic E-state index is -1.33. The van der Waals surface area contributed by atoms with Gasteiger partial charge < -0.3 is 4.43 Å². The first-order valence-electron chi connectivity index (χ1n) is 6.31. The summed E-state index contributed by atoms with van der Waals surface area (Å²) in [6.45, 7) is 11.4. The lowest BCUT2D eigenvalue weighted by atomic mass is 10.2. The molecule has 0 amide bonds. The Morgan fingerprint density at radius 2 is 1.50 bits per heavy atom. The van der Waals surface area contributed by atoms with Crippen molar-refractivity contribution in [2.24, 2.45) is 0 Å². The van der Waals surface area contributed by atoms with Crippen molar-refractivity contribution >= 4 is 8.32 Å². The van der Waals surface area contributed by atoms with Gasteiger partial charge in [-0.25, -0.2) is 0 Å². The number of hydrogen-bond donors (Lipinski definition) is 0. The molecular formula is C12H28OSi. The summed E-state index contributed by atoms with van der Waals surface area (Å²) >= 11 is 0. The van der Waals surface area contributed by atoms with Gasteiger partial charge in [0.15, 0.2) is 8.32 Å². The molecule has 0 aliphatic rings. The van der Waals surface area contributed by atoms with Crippen LogP contribution in [0.2, 0.25) is 18.1 Å². The van der Waals surface area contributed by atoms with Gasteiger partial charge in [-0.2, -0.15) is 0 Å². The van der Waals surface area contributed by atoms with E-state index in [0.717, 1.165) is 0 Å². The molecule has 1 atom stereocenters. The Morgan fingerprint density at radius 1 is 1.00 bits per heavy atom. The lowest BCUT2D eigenvalue weighted by molar-refractivity contribution is 0.192. The second-order valence-electron chi connectivity index (χ2n) is 4.31. The maximum atomic E-state index is 6.33. The largest absolute Gasteiger partial charge is 0.414 e. The minimum absolute atomic E-state index is 0.487. The third-order valence-corrected chi connectivity index (χ3v) is 8.12. The summed E-state index contributed by atoms with van der Waals surface area (Å²) in [6.07, 6.45) is 4.32. The van der Waals surface area contributed by atoms with Gasteiger partial charge in [0.25, 0.3) is 0 Å². The van der Waals surface area contributed by atoms with Gasteiger partial charge in [-0.05, 0) is 31.5 Å². The van der Waals surface area contributed by atoms with E-state index in [1.165, 1.54) is 37.4 Å². The van der Waals surface area contributed by atoms with E-state index in [9.17, 15) is 0 Å². The van der Waals surface area contributed by atoms with Crippen molar-refractivity contribution in [2.75, 3.05) is 0 Å². The van der Waals surface area contributed by atoms with Crippen LogP contribution in [0.25, 0.3) is 0 Å².